The van der Waals surface area contributed by atoms with E-state index in [-0.39, 0.29) is 0 Å². The predicted octanol–water partition coefficient (Wildman–Crippen LogP) is 2.43. The summed E-state index contributed by atoms with van der Waals surface area (Å²) in [5.41, 5.74) is 0. The minimum Gasteiger partial charge on any atom is -0.340 e. The largest absolute Gasteiger partial charge is 0.340 e. The smallest absolute Gasteiger partial charge is 0.223 e. The predicted molar refractivity (Wildman–Crippen MR) is 54.5 cm³/mol. The van der Waals surface area contributed by atoms with Crippen molar-refractivity contribution in [2.24, 2.45) is 5.92 Å². The fourth-order valence-corrected chi connectivity index (χ4v) is 2.06. The molecule has 0 N–H and O–H groups in total. The third kappa shape index (κ3) is 2.71. The van der Waals surface area contributed by atoms with Crippen LogP contribution in [0.5, 0.6) is 0 Å². The van der Waals surface area contributed by atoms with Crippen molar-refractivity contribution < 1.29 is 4.79 Å². The molecule has 0 aliphatic carbocycles. The zero-order chi connectivity index (χ0) is 9.84. The first-order valence-electron chi connectivity index (χ1n) is 5.44. The van der Waals surface area contributed by atoms with Crippen molar-refractivity contribution in [2.45, 2.75) is 52.5 Å². The summed E-state index contributed by atoms with van der Waals surface area (Å²) in [6.07, 6.45) is 4.24. The van der Waals surface area contributed by atoms with Gasteiger partial charge in [0, 0.05) is 19.0 Å². The molecule has 0 aromatic rings. The van der Waals surface area contributed by atoms with Gasteiger partial charge < -0.3 is 4.90 Å². The molecule has 0 aromatic heterocycles. The molecule has 0 saturated carbocycles. The number of amides is 1. The first-order chi connectivity index (χ1) is 6.15. The summed E-state index contributed by atoms with van der Waals surface area (Å²) in [4.78, 5) is 13.8. The van der Waals surface area contributed by atoms with Gasteiger partial charge in [0.2, 0.25) is 5.91 Å². The summed E-state index contributed by atoms with van der Waals surface area (Å²) < 4.78 is 0. The average molecular weight is 183 g/mol. The lowest BCUT2D eigenvalue weighted by Gasteiger charge is -2.24. The van der Waals surface area contributed by atoms with Crippen LogP contribution in [0.4, 0.5) is 0 Å². The molecule has 2 nitrogen and oxygen atoms in total. The Morgan fingerprint density at radius 2 is 2.23 bits per heavy atom. The first-order valence-corrected chi connectivity index (χ1v) is 5.44. The van der Waals surface area contributed by atoms with Gasteiger partial charge in [-0.15, -0.1) is 0 Å². The van der Waals surface area contributed by atoms with E-state index in [4.69, 9.17) is 0 Å². The van der Waals surface area contributed by atoms with Crippen LogP contribution < -0.4 is 0 Å². The van der Waals surface area contributed by atoms with E-state index in [0.717, 1.165) is 19.4 Å². The van der Waals surface area contributed by atoms with Crippen LogP contribution in [0.15, 0.2) is 0 Å². The van der Waals surface area contributed by atoms with Gasteiger partial charge in [-0.05, 0) is 25.2 Å². The topological polar surface area (TPSA) is 20.3 Å². The fraction of sp³-hybridized carbons (Fsp3) is 0.909. The molecule has 0 spiro atoms. The van der Waals surface area contributed by atoms with Gasteiger partial charge in [-0.2, -0.15) is 0 Å². The highest BCUT2D eigenvalue weighted by molar-refractivity contribution is 5.77. The van der Waals surface area contributed by atoms with E-state index in [2.05, 4.69) is 25.7 Å². The van der Waals surface area contributed by atoms with E-state index in [1.807, 2.05) is 0 Å². The number of carbonyl (C=O) groups is 1. The molecule has 1 aliphatic rings. The number of hydrogen-bond donors (Lipinski definition) is 0. The molecule has 1 rings (SSSR count). The molecular formula is C11H21NO. The van der Waals surface area contributed by atoms with E-state index in [1.54, 1.807) is 0 Å². The summed E-state index contributed by atoms with van der Waals surface area (Å²) in [5, 5.41) is 0. The molecule has 0 bridgehead atoms. The minimum atomic E-state index is 0.361. The highest BCUT2D eigenvalue weighted by Crippen LogP contribution is 2.21. The van der Waals surface area contributed by atoms with Crippen molar-refractivity contribution in [3.8, 4) is 0 Å². The van der Waals surface area contributed by atoms with Crippen molar-refractivity contribution in [2.75, 3.05) is 6.54 Å². The molecule has 1 saturated heterocycles. The zero-order valence-electron chi connectivity index (χ0n) is 9.05. The summed E-state index contributed by atoms with van der Waals surface area (Å²) >= 11 is 0. The van der Waals surface area contributed by atoms with Crippen molar-refractivity contribution in [1.29, 1.82) is 0 Å². The van der Waals surface area contributed by atoms with Crippen LogP contribution in [0.1, 0.15) is 46.5 Å². The lowest BCUT2D eigenvalue weighted by Crippen LogP contribution is -2.35. The molecule has 1 fully saturated rings. The molecule has 76 valence electrons. The van der Waals surface area contributed by atoms with Gasteiger partial charge >= 0.3 is 0 Å². The number of hydrogen-bond acceptors (Lipinski definition) is 1. The number of likely N-dealkylation sites (tertiary alicyclic amines) is 1. The number of nitrogens with zero attached hydrogens (tertiary/aromatic N) is 1. The van der Waals surface area contributed by atoms with Crippen molar-refractivity contribution in [1.82, 2.24) is 4.90 Å². The molecule has 0 aromatic carbocycles. The number of carbonyl (C=O) groups excluding carboxylic acids is 1. The zero-order valence-corrected chi connectivity index (χ0v) is 9.05. The molecule has 1 amide bonds. The van der Waals surface area contributed by atoms with Crippen LogP contribution >= 0.6 is 0 Å². The standard InChI is InChI=1S/C11H21NO/c1-4-10-6-5-7-12(10)11(13)8-9(2)3/h9-10H,4-8H2,1-3H3/t10-/m1/s1. The van der Waals surface area contributed by atoms with Crippen LogP contribution in [0.2, 0.25) is 0 Å². The van der Waals surface area contributed by atoms with Gasteiger partial charge in [0.05, 0.1) is 0 Å². The Hall–Kier alpha value is -0.530. The second-order valence-electron chi connectivity index (χ2n) is 4.39. The molecule has 1 aliphatic heterocycles. The van der Waals surface area contributed by atoms with Gasteiger partial charge in [0.15, 0.2) is 0 Å². The average Bonchev–Trinajstić information content (AvgIpc) is 2.49. The summed E-state index contributed by atoms with van der Waals surface area (Å²) in [6, 6.07) is 0.534. The highest BCUT2D eigenvalue weighted by Gasteiger charge is 2.26. The second-order valence-corrected chi connectivity index (χ2v) is 4.39. The maximum atomic E-state index is 11.8. The third-order valence-corrected chi connectivity index (χ3v) is 2.75. The van der Waals surface area contributed by atoms with Gasteiger partial charge in [-0.25, -0.2) is 0 Å². The molecule has 2 heteroatoms. The normalized spacial score (nSPS) is 22.8. The van der Waals surface area contributed by atoms with Crippen LogP contribution in [0, 0.1) is 5.92 Å². The highest BCUT2D eigenvalue weighted by atomic mass is 16.2. The Bertz CT molecular complexity index is 177. The minimum absolute atomic E-state index is 0.361. The van der Waals surface area contributed by atoms with E-state index >= 15 is 0 Å². The first kappa shape index (κ1) is 10.6. The van der Waals surface area contributed by atoms with Gasteiger partial charge in [-0.1, -0.05) is 20.8 Å². The molecule has 0 unspecified atom stereocenters. The Balaban J connectivity index is 2.45. The monoisotopic (exact) mass is 183 g/mol. The Morgan fingerprint density at radius 1 is 1.54 bits per heavy atom. The maximum absolute atomic E-state index is 11.8. The number of rotatable bonds is 3. The lowest BCUT2D eigenvalue weighted by molar-refractivity contribution is -0.132. The molecule has 13 heavy (non-hydrogen) atoms. The Kier molecular flexibility index (Phi) is 3.76. The van der Waals surface area contributed by atoms with E-state index < -0.39 is 0 Å². The van der Waals surface area contributed by atoms with E-state index in [1.165, 1.54) is 12.8 Å². The van der Waals surface area contributed by atoms with Crippen LogP contribution in [-0.2, 0) is 4.79 Å². The summed E-state index contributed by atoms with van der Waals surface area (Å²) in [6.45, 7) is 7.37. The van der Waals surface area contributed by atoms with Crippen LogP contribution in [0.25, 0.3) is 0 Å². The van der Waals surface area contributed by atoms with Crippen LogP contribution in [-0.4, -0.2) is 23.4 Å². The van der Waals surface area contributed by atoms with Gasteiger partial charge in [0.25, 0.3) is 0 Å². The summed E-state index contributed by atoms with van der Waals surface area (Å²) in [7, 11) is 0. The van der Waals surface area contributed by atoms with E-state index in [0.29, 0.717) is 17.9 Å². The van der Waals surface area contributed by atoms with Crippen LogP contribution in [0.3, 0.4) is 0 Å². The quantitative estimate of drug-likeness (QED) is 0.658. The van der Waals surface area contributed by atoms with Crippen molar-refractivity contribution in [3.05, 3.63) is 0 Å². The molecule has 0 radical (unpaired) electrons. The maximum Gasteiger partial charge on any atom is 0.223 e. The SMILES string of the molecule is CC[C@@H]1CCCN1C(=O)CC(C)C. The summed E-state index contributed by atoms with van der Waals surface area (Å²) in [5.74, 6) is 0.852. The molecule has 1 heterocycles. The Morgan fingerprint density at radius 3 is 2.77 bits per heavy atom. The lowest BCUT2D eigenvalue weighted by atomic mass is 10.1. The Labute approximate surface area is 81.3 Å². The van der Waals surface area contributed by atoms with Crippen molar-refractivity contribution in [3.63, 3.8) is 0 Å². The molecule has 1 atom stereocenters. The van der Waals surface area contributed by atoms with Gasteiger partial charge in [-0.3, -0.25) is 4.79 Å². The third-order valence-electron chi connectivity index (χ3n) is 2.75. The fourth-order valence-electron chi connectivity index (χ4n) is 2.06. The molecular weight excluding hydrogens is 162 g/mol. The van der Waals surface area contributed by atoms with E-state index in [9.17, 15) is 4.79 Å². The second kappa shape index (κ2) is 4.64. The van der Waals surface area contributed by atoms with Gasteiger partial charge in [0.1, 0.15) is 0 Å². The van der Waals surface area contributed by atoms with Crippen molar-refractivity contribution >= 4 is 5.91 Å².